The summed E-state index contributed by atoms with van der Waals surface area (Å²) in [6.45, 7) is 5.98. The Bertz CT molecular complexity index is 585. The first-order valence-corrected chi connectivity index (χ1v) is 7.37. The number of carbonyl (C=O) groups is 2. The second-order valence-corrected chi connectivity index (χ2v) is 5.98. The average molecular weight is 290 g/mol. The lowest BCUT2D eigenvalue weighted by molar-refractivity contribution is -0.124. The van der Waals surface area contributed by atoms with E-state index >= 15 is 0 Å². The number of carbonyl (C=O) groups excluding carboxylic acids is 2. The van der Waals surface area contributed by atoms with Crippen LogP contribution in [-0.4, -0.2) is 29.5 Å². The van der Waals surface area contributed by atoms with Gasteiger partial charge < -0.3 is 10.2 Å². The van der Waals surface area contributed by atoms with Gasteiger partial charge in [-0.15, -0.1) is 0 Å². The fourth-order valence-corrected chi connectivity index (χ4v) is 3.19. The molecule has 0 spiro atoms. The van der Waals surface area contributed by atoms with E-state index in [0.29, 0.717) is 10.8 Å². The molecular formula is C15H18N2O2S. The van der Waals surface area contributed by atoms with Crippen LogP contribution in [0.4, 0.5) is 5.69 Å². The second kappa shape index (κ2) is 5.71. The van der Waals surface area contributed by atoms with Gasteiger partial charge in [-0.25, -0.2) is 0 Å². The number of hydrogen-bond donors (Lipinski definition) is 1. The van der Waals surface area contributed by atoms with Crippen molar-refractivity contribution >= 4 is 29.3 Å². The van der Waals surface area contributed by atoms with Crippen molar-refractivity contribution in [2.24, 2.45) is 0 Å². The molecule has 0 bridgehead atoms. The van der Waals surface area contributed by atoms with Crippen LogP contribution >= 0.6 is 11.8 Å². The third-order valence-electron chi connectivity index (χ3n) is 3.23. The molecule has 0 radical (unpaired) electrons. The Hall–Kier alpha value is -1.75. The molecular weight excluding hydrogens is 272 g/mol. The van der Waals surface area contributed by atoms with E-state index in [0.717, 1.165) is 16.8 Å². The molecule has 5 heteroatoms. The topological polar surface area (TPSA) is 49.4 Å². The third kappa shape index (κ3) is 3.04. The summed E-state index contributed by atoms with van der Waals surface area (Å²) < 4.78 is 0. The van der Waals surface area contributed by atoms with Crippen LogP contribution < -0.4 is 5.32 Å². The molecule has 1 aliphatic rings. The lowest BCUT2D eigenvalue weighted by atomic mass is 10.1. The number of aryl methyl sites for hydroxylation is 3. The van der Waals surface area contributed by atoms with Crippen molar-refractivity contribution in [1.82, 2.24) is 4.90 Å². The van der Waals surface area contributed by atoms with Crippen LogP contribution in [0, 0.1) is 20.8 Å². The van der Waals surface area contributed by atoms with E-state index in [-0.39, 0.29) is 11.8 Å². The van der Waals surface area contributed by atoms with Crippen LogP contribution in [0.15, 0.2) is 23.2 Å². The maximum Gasteiger partial charge on any atom is 0.251 e. The monoisotopic (exact) mass is 290 g/mol. The zero-order valence-corrected chi connectivity index (χ0v) is 12.9. The third-order valence-corrected chi connectivity index (χ3v) is 4.31. The molecule has 0 aliphatic carbocycles. The molecule has 1 saturated heterocycles. The highest BCUT2D eigenvalue weighted by atomic mass is 32.2. The fraction of sp³-hybridized carbons (Fsp3) is 0.333. The summed E-state index contributed by atoms with van der Waals surface area (Å²) in [4.78, 5) is 25.0. The molecule has 1 N–H and O–H groups in total. The smallest absolute Gasteiger partial charge is 0.251 e. The maximum atomic E-state index is 12.1. The predicted molar refractivity (Wildman–Crippen MR) is 82.6 cm³/mol. The number of benzene rings is 1. The Morgan fingerprint density at radius 1 is 1.30 bits per heavy atom. The van der Waals surface area contributed by atoms with Gasteiger partial charge in [0, 0.05) is 18.8 Å². The molecule has 1 aliphatic heterocycles. The van der Waals surface area contributed by atoms with Crippen LogP contribution in [0.2, 0.25) is 0 Å². The van der Waals surface area contributed by atoms with Gasteiger partial charge in [0.2, 0.25) is 5.91 Å². The molecule has 0 unspecified atom stereocenters. The summed E-state index contributed by atoms with van der Waals surface area (Å²) in [5.74, 6) is 0.221. The summed E-state index contributed by atoms with van der Waals surface area (Å²) in [5.41, 5.74) is 4.10. The molecule has 1 fully saturated rings. The molecule has 0 atom stereocenters. The van der Waals surface area contributed by atoms with Crippen molar-refractivity contribution in [2.75, 3.05) is 18.1 Å². The zero-order chi connectivity index (χ0) is 14.9. The standard InChI is InChI=1S/C15H18N2O2S/c1-9-5-10(2)15(11(3)6-9)16-12(18)7-14-17(4)13(19)8-20-14/h5-7H,8H2,1-4H3,(H,16,18)/b14-7-. The average Bonchev–Trinajstić information content (AvgIpc) is 2.66. The van der Waals surface area contributed by atoms with Crippen LogP contribution in [-0.2, 0) is 9.59 Å². The molecule has 1 aromatic rings. The van der Waals surface area contributed by atoms with Crippen LogP contribution in [0.5, 0.6) is 0 Å². The molecule has 20 heavy (non-hydrogen) atoms. The first-order chi connectivity index (χ1) is 9.38. The van der Waals surface area contributed by atoms with Gasteiger partial charge in [-0.05, 0) is 31.9 Å². The van der Waals surface area contributed by atoms with Gasteiger partial charge in [0.05, 0.1) is 10.8 Å². The van der Waals surface area contributed by atoms with Gasteiger partial charge in [0.1, 0.15) is 0 Å². The summed E-state index contributed by atoms with van der Waals surface area (Å²) in [6.07, 6.45) is 1.48. The van der Waals surface area contributed by atoms with E-state index in [2.05, 4.69) is 5.32 Å². The lowest BCUT2D eigenvalue weighted by Crippen LogP contribution is -2.20. The Kier molecular flexibility index (Phi) is 4.18. The first kappa shape index (κ1) is 14.7. The molecule has 2 rings (SSSR count). The van der Waals surface area contributed by atoms with E-state index in [4.69, 9.17) is 0 Å². The van der Waals surface area contributed by atoms with Crippen molar-refractivity contribution in [2.45, 2.75) is 20.8 Å². The Morgan fingerprint density at radius 2 is 1.90 bits per heavy atom. The summed E-state index contributed by atoms with van der Waals surface area (Å²) >= 11 is 1.38. The molecule has 2 amide bonds. The number of rotatable bonds is 2. The minimum absolute atomic E-state index is 0.0248. The van der Waals surface area contributed by atoms with E-state index in [1.54, 1.807) is 7.05 Å². The van der Waals surface area contributed by atoms with Gasteiger partial charge in [-0.2, -0.15) is 0 Å². The van der Waals surface area contributed by atoms with E-state index in [1.807, 2.05) is 32.9 Å². The number of thioether (sulfide) groups is 1. The molecule has 1 aromatic carbocycles. The highest BCUT2D eigenvalue weighted by Gasteiger charge is 2.23. The van der Waals surface area contributed by atoms with Gasteiger partial charge in [-0.1, -0.05) is 29.5 Å². The van der Waals surface area contributed by atoms with Crippen molar-refractivity contribution in [1.29, 1.82) is 0 Å². The Morgan fingerprint density at radius 3 is 2.40 bits per heavy atom. The van der Waals surface area contributed by atoms with Gasteiger partial charge in [0.15, 0.2) is 0 Å². The molecule has 4 nitrogen and oxygen atoms in total. The van der Waals surface area contributed by atoms with Crippen molar-refractivity contribution < 1.29 is 9.59 Å². The number of amides is 2. The predicted octanol–water partition coefficient (Wildman–Crippen LogP) is 2.60. The summed E-state index contributed by atoms with van der Waals surface area (Å²) in [5, 5.41) is 3.59. The normalized spacial score (nSPS) is 16.9. The first-order valence-electron chi connectivity index (χ1n) is 6.38. The maximum absolute atomic E-state index is 12.1. The minimum atomic E-state index is -0.205. The van der Waals surface area contributed by atoms with E-state index < -0.39 is 0 Å². The number of anilines is 1. The van der Waals surface area contributed by atoms with Crippen molar-refractivity contribution in [3.05, 3.63) is 39.9 Å². The van der Waals surface area contributed by atoms with Gasteiger partial charge in [0.25, 0.3) is 5.91 Å². The highest BCUT2D eigenvalue weighted by Crippen LogP contribution is 2.27. The van der Waals surface area contributed by atoms with Gasteiger partial charge in [-0.3, -0.25) is 9.59 Å². The minimum Gasteiger partial charge on any atom is -0.322 e. The zero-order valence-electron chi connectivity index (χ0n) is 12.1. The van der Waals surface area contributed by atoms with Crippen LogP contribution in [0.1, 0.15) is 16.7 Å². The lowest BCUT2D eigenvalue weighted by Gasteiger charge is -2.13. The van der Waals surface area contributed by atoms with Crippen molar-refractivity contribution in [3.63, 3.8) is 0 Å². The summed E-state index contributed by atoms with van der Waals surface area (Å²) in [7, 11) is 1.68. The second-order valence-electron chi connectivity index (χ2n) is 4.99. The Balaban J connectivity index is 2.17. The number of nitrogens with zero attached hydrogens (tertiary/aromatic N) is 1. The molecule has 106 valence electrons. The Labute approximate surface area is 123 Å². The molecule has 0 saturated carbocycles. The number of hydrogen-bond acceptors (Lipinski definition) is 3. The van der Waals surface area contributed by atoms with Crippen molar-refractivity contribution in [3.8, 4) is 0 Å². The highest BCUT2D eigenvalue weighted by molar-refractivity contribution is 8.04. The fourth-order valence-electron chi connectivity index (χ4n) is 2.24. The molecule has 0 aromatic heterocycles. The molecule has 1 heterocycles. The SMILES string of the molecule is Cc1cc(C)c(NC(=O)/C=C2\SCC(=O)N2C)c(C)c1. The van der Waals surface area contributed by atoms with Crippen LogP contribution in [0.25, 0.3) is 0 Å². The van der Waals surface area contributed by atoms with E-state index in [9.17, 15) is 9.59 Å². The quantitative estimate of drug-likeness (QED) is 0.852. The largest absolute Gasteiger partial charge is 0.322 e. The van der Waals surface area contributed by atoms with E-state index in [1.165, 1.54) is 28.3 Å². The van der Waals surface area contributed by atoms with Crippen LogP contribution in [0.3, 0.4) is 0 Å². The number of nitrogens with one attached hydrogen (secondary N) is 1. The summed E-state index contributed by atoms with van der Waals surface area (Å²) in [6, 6.07) is 4.07. The van der Waals surface area contributed by atoms with Gasteiger partial charge >= 0.3 is 0 Å².